The summed E-state index contributed by atoms with van der Waals surface area (Å²) in [6.07, 6.45) is -3.13. The molecule has 39 heavy (non-hydrogen) atoms. The van der Waals surface area contributed by atoms with E-state index in [1.54, 1.807) is 4.90 Å². The molecule has 5 rings (SSSR count). The highest BCUT2D eigenvalue weighted by Crippen LogP contribution is 2.38. The molecule has 4 heterocycles. The molecule has 1 amide bonds. The molecule has 2 aliphatic heterocycles. The molecular formula is C27H31F3N6O2S. The molecule has 1 N–H and O–H groups in total. The number of nitrogens with zero attached hydrogens (tertiary/aromatic N) is 5. The average Bonchev–Trinajstić information content (AvgIpc) is 3.41. The van der Waals surface area contributed by atoms with Crippen molar-refractivity contribution in [3.63, 3.8) is 0 Å². The third-order valence-corrected chi connectivity index (χ3v) is 8.50. The van der Waals surface area contributed by atoms with Crippen molar-refractivity contribution in [1.82, 2.24) is 20.5 Å². The maximum atomic E-state index is 13.7. The molecule has 0 radical (unpaired) electrons. The van der Waals surface area contributed by atoms with Gasteiger partial charge in [-0.2, -0.15) is 13.2 Å². The van der Waals surface area contributed by atoms with Gasteiger partial charge in [0.25, 0.3) is 5.91 Å². The van der Waals surface area contributed by atoms with Gasteiger partial charge >= 0.3 is 6.18 Å². The highest BCUT2D eigenvalue weighted by atomic mass is 32.1. The van der Waals surface area contributed by atoms with E-state index in [1.807, 2.05) is 30.3 Å². The molecule has 208 valence electrons. The van der Waals surface area contributed by atoms with E-state index in [0.717, 1.165) is 65.5 Å². The molecule has 2 aliphatic rings. The highest BCUT2D eigenvalue weighted by molar-refractivity contribution is 7.17. The van der Waals surface area contributed by atoms with E-state index < -0.39 is 17.8 Å². The van der Waals surface area contributed by atoms with Crippen LogP contribution in [0.15, 0.2) is 30.3 Å². The Morgan fingerprint density at radius 1 is 1.03 bits per heavy atom. The van der Waals surface area contributed by atoms with Crippen LogP contribution in [0.1, 0.15) is 39.3 Å². The summed E-state index contributed by atoms with van der Waals surface area (Å²) in [7, 11) is 0. The van der Waals surface area contributed by atoms with Crippen LogP contribution >= 0.6 is 11.3 Å². The number of hydrogen-bond donors (Lipinski definition) is 1. The number of thiazole rings is 1. The first kappa shape index (κ1) is 27.3. The fourth-order valence-corrected chi connectivity index (χ4v) is 6.03. The molecule has 3 aromatic rings. The number of alkyl halides is 3. The summed E-state index contributed by atoms with van der Waals surface area (Å²) in [5.74, 6) is 0.282. The van der Waals surface area contributed by atoms with Gasteiger partial charge in [0.15, 0.2) is 16.6 Å². The van der Waals surface area contributed by atoms with Crippen LogP contribution in [0.3, 0.4) is 0 Å². The molecule has 2 saturated heterocycles. The monoisotopic (exact) mass is 560 g/mol. The number of aromatic nitrogens is 3. The number of piperidine rings is 1. The second-order valence-corrected chi connectivity index (χ2v) is 10.9. The number of carbonyl (C=O) groups excluding carboxylic acids is 1. The standard InChI is InChI=1S/C27H31F3N6O2S/c1-17-18(2)24(34-33-21(17)20-6-4-3-5-7-20)35-10-8-19(9-11-35)16-31-25(37)22-23(27(28,29)30)32-26(39-22)36-12-14-38-15-13-36/h3-7,19H,8-16H2,1-2H3,(H,31,37). The van der Waals surface area contributed by atoms with Crippen molar-refractivity contribution in [2.24, 2.45) is 5.92 Å². The lowest BCUT2D eigenvalue weighted by molar-refractivity contribution is -0.141. The molecule has 0 spiro atoms. The SMILES string of the molecule is Cc1c(-c2ccccc2)nnc(N2CCC(CNC(=O)c3sc(N4CCOCC4)nc3C(F)(F)F)CC2)c1C. The van der Waals surface area contributed by atoms with Crippen LogP contribution in [0, 0.1) is 19.8 Å². The first-order valence-electron chi connectivity index (χ1n) is 13.1. The molecule has 12 heteroatoms. The summed E-state index contributed by atoms with van der Waals surface area (Å²) in [6.45, 7) is 7.61. The average molecular weight is 561 g/mol. The van der Waals surface area contributed by atoms with Gasteiger partial charge in [-0.05, 0) is 43.7 Å². The third-order valence-electron chi connectivity index (χ3n) is 7.38. The second-order valence-electron chi connectivity index (χ2n) is 9.90. The summed E-state index contributed by atoms with van der Waals surface area (Å²) in [5.41, 5.74) is 2.94. The Hall–Kier alpha value is -3.25. The van der Waals surface area contributed by atoms with Gasteiger partial charge in [-0.1, -0.05) is 41.7 Å². The zero-order chi connectivity index (χ0) is 27.6. The van der Waals surface area contributed by atoms with Crippen molar-refractivity contribution in [3.8, 4) is 11.3 Å². The molecule has 0 aliphatic carbocycles. The first-order valence-corrected chi connectivity index (χ1v) is 13.9. The predicted molar refractivity (Wildman–Crippen MR) is 144 cm³/mol. The summed E-state index contributed by atoms with van der Waals surface area (Å²) in [6, 6.07) is 9.96. The lowest BCUT2D eigenvalue weighted by atomic mass is 9.96. The minimum absolute atomic E-state index is 0.157. The molecule has 0 bridgehead atoms. The van der Waals surface area contributed by atoms with E-state index in [2.05, 4.69) is 39.2 Å². The number of rotatable bonds is 6. The molecule has 8 nitrogen and oxygen atoms in total. The lowest BCUT2D eigenvalue weighted by Crippen LogP contribution is -2.39. The molecule has 2 aromatic heterocycles. The molecule has 0 unspecified atom stereocenters. The van der Waals surface area contributed by atoms with Gasteiger partial charge < -0.3 is 19.9 Å². The van der Waals surface area contributed by atoms with E-state index in [4.69, 9.17) is 4.74 Å². The first-order chi connectivity index (χ1) is 18.7. The van der Waals surface area contributed by atoms with Crippen LogP contribution in [-0.2, 0) is 10.9 Å². The summed E-state index contributed by atoms with van der Waals surface area (Å²) in [5, 5.41) is 12.0. The van der Waals surface area contributed by atoms with Crippen LogP contribution < -0.4 is 15.1 Å². The van der Waals surface area contributed by atoms with Gasteiger partial charge in [0.1, 0.15) is 4.88 Å². The number of anilines is 2. The van der Waals surface area contributed by atoms with Gasteiger partial charge in [-0.3, -0.25) is 4.79 Å². The normalized spacial score (nSPS) is 16.9. The topological polar surface area (TPSA) is 83.5 Å². The van der Waals surface area contributed by atoms with Crippen molar-refractivity contribution < 1.29 is 22.7 Å². The molecule has 0 atom stereocenters. The Labute approximate surface area is 229 Å². The van der Waals surface area contributed by atoms with Crippen LogP contribution in [0.4, 0.5) is 24.1 Å². The number of carbonyl (C=O) groups is 1. The molecular weight excluding hydrogens is 529 g/mol. The van der Waals surface area contributed by atoms with Crippen molar-refractivity contribution in [3.05, 3.63) is 52.0 Å². The van der Waals surface area contributed by atoms with Gasteiger partial charge in [0, 0.05) is 38.3 Å². The van der Waals surface area contributed by atoms with Crippen LogP contribution in [0.5, 0.6) is 0 Å². The summed E-state index contributed by atoms with van der Waals surface area (Å²) >= 11 is 0.791. The highest BCUT2D eigenvalue weighted by Gasteiger charge is 2.40. The van der Waals surface area contributed by atoms with Crippen molar-refractivity contribution in [2.75, 3.05) is 55.7 Å². The van der Waals surface area contributed by atoms with E-state index in [1.165, 1.54) is 0 Å². The number of halogens is 3. The number of morpholine rings is 1. The second kappa shape index (κ2) is 11.5. The quantitative estimate of drug-likeness (QED) is 0.467. The third kappa shape index (κ3) is 6.01. The smallest absolute Gasteiger partial charge is 0.378 e. The van der Waals surface area contributed by atoms with Crippen molar-refractivity contribution in [2.45, 2.75) is 32.9 Å². The predicted octanol–water partition coefficient (Wildman–Crippen LogP) is 4.72. The van der Waals surface area contributed by atoms with Crippen molar-refractivity contribution >= 4 is 28.2 Å². The Kier molecular flexibility index (Phi) is 8.03. The number of benzene rings is 1. The largest absolute Gasteiger partial charge is 0.435 e. The lowest BCUT2D eigenvalue weighted by Gasteiger charge is -2.33. The van der Waals surface area contributed by atoms with E-state index >= 15 is 0 Å². The number of ether oxygens (including phenoxy) is 1. The molecule has 1 aromatic carbocycles. The molecule has 0 saturated carbocycles. The minimum Gasteiger partial charge on any atom is -0.378 e. The Balaban J connectivity index is 1.20. The maximum Gasteiger partial charge on any atom is 0.435 e. The van der Waals surface area contributed by atoms with Gasteiger partial charge in [0.2, 0.25) is 0 Å². The van der Waals surface area contributed by atoms with Crippen LogP contribution in [-0.4, -0.2) is 67.0 Å². The fraction of sp³-hybridized carbons (Fsp3) is 0.481. The maximum absolute atomic E-state index is 13.7. The van der Waals surface area contributed by atoms with E-state index in [9.17, 15) is 18.0 Å². The summed E-state index contributed by atoms with van der Waals surface area (Å²) < 4.78 is 46.3. The van der Waals surface area contributed by atoms with Gasteiger partial charge in [-0.15, -0.1) is 10.2 Å². The number of amides is 1. The van der Waals surface area contributed by atoms with Crippen molar-refractivity contribution in [1.29, 1.82) is 0 Å². The zero-order valence-corrected chi connectivity index (χ0v) is 22.7. The van der Waals surface area contributed by atoms with Gasteiger partial charge in [-0.25, -0.2) is 4.98 Å². The van der Waals surface area contributed by atoms with E-state index in [-0.39, 0.29) is 15.9 Å². The fourth-order valence-electron chi connectivity index (χ4n) is 4.97. The van der Waals surface area contributed by atoms with E-state index in [0.29, 0.717) is 32.8 Å². The zero-order valence-electron chi connectivity index (χ0n) is 21.9. The molecule has 2 fully saturated rings. The summed E-state index contributed by atoms with van der Waals surface area (Å²) in [4.78, 5) is 20.2. The Morgan fingerprint density at radius 3 is 2.38 bits per heavy atom. The van der Waals surface area contributed by atoms with Crippen LogP contribution in [0.25, 0.3) is 11.3 Å². The number of nitrogens with one attached hydrogen (secondary N) is 1. The van der Waals surface area contributed by atoms with Gasteiger partial charge in [0.05, 0.1) is 18.9 Å². The van der Waals surface area contributed by atoms with Crippen LogP contribution in [0.2, 0.25) is 0 Å². The Morgan fingerprint density at radius 2 is 1.72 bits per heavy atom. The Bertz CT molecular complexity index is 1300. The number of hydrogen-bond acceptors (Lipinski definition) is 8. The minimum atomic E-state index is -4.70.